The van der Waals surface area contributed by atoms with E-state index in [1.165, 1.54) is 0 Å². The lowest BCUT2D eigenvalue weighted by atomic mass is 10.1. The van der Waals surface area contributed by atoms with E-state index in [0.29, 0.717) is 5.25 Å². The van der Waals surface area contributed by atoms with E-state index in [-0.39, 0.29) is 0 Å². The zero-order chi connectivity index (χ0) is 9.78. The summed E-state index contributed by atoms with van der Waals surface area (Å²) in [5.41, 5.74) is -0.496. The van der Waals surface area contributed by atoms with Crippen molar-refractivity contribution in [3.63, 3.8) is 0 Å². The van der Waals surface area contributed by atoms with E-state index in [1.807, 2.05) is 25.6 Å². The molecule has 0 saturated heterocycles. The summed E-state index contributed by atoms with van der Waals surface area (Å²) in [4.78, 5) is 0. The molecule has 0 aliphatic heterocycles. The fraction of sp³-hybridized carbons (Fsp3) is 1.00. The Morgan fingerprint density at radius 3 is 2.08 bits per heavy atom. The van der Waals surface area contributed by atoms with Crippen LogP contribution in [0.4, 0.5) is 0 Å². The Hall–Kier alpha value is 0.310. The monoisotopic (exact) mass is 190 g/mol. The van der Waals surface area contributed by atoms with Gasteiger partial charge in [0, 0.05) is 5.25 Å². The van der Waals surface area contributed by atoms with Crippen LogP contribution in [-0.4, -0.2) is 21.7 Å². The highest BCUT2D eigenvalue weighted by Crippen LogP contribution is 2.21. The maximum Gasteiger partial charge on any atom is 0.0599 e. The molecule has 0 aliphatic rings. The van der Waals surface area contributed by atoms with Crippen LogP contribution in [0.15, 0.2) is 0 Å². The zero-order valence-corrected chi connectivity index (χ0v) is 9.74. The third-order valence-corrected chi connectivity index (χ3v) is 3.54. The van der Waals surface area contributed by atoms with Crippen LogP contribution in [-0.2, 0) is 0 Å². The van der Waals surface area contributed by atoms with Crippen molar-refractivity contribution >= 4 is 11.8 Å². The fourth-order valence-electron chi connectivity index (χ4n) is 0.687. The molecule has 1 atom stereocenters. The number of rotatable bonds is 5. The second-order valence-corrected chi connectivity index (χ2v) is 5.87. The van der Waals surface area contributed by atoms with E-state index in [2.05, 4.69) is 20.8 Å². The van der Waals surface area contributed by atoms with Crippen LogP contribution in [0.3, 0.4) is 0 Å². The number of hydrogen-bond donors (Lipinski definition) is 1. The van der Waals surface area contributed by atoms with Gasteiger partial charge in [-0.15, -0.1) is 0 Å². The van der Waals surface area contributed by atoms with Crippen LogP contribution in [0.5, 0.6) is 0 Å². The minimum atomic E-state index is -0.496. The Morgan fingerprint density at radius 1 is 1.25 bits per heavy atom. The smallest absolute Gasteiger partial charge is 0.0599 e. The summed E-state index contributed by atoms with van der Waals surface area (Å²) < 4.78 is 0. The highest BCUT2D eigenvalue weighted by molar-refractivity contribution is 7.99. The van der Waals surface area contributed by atoms with Gasteiger partial charge in [0.15, 0.2) is 0 Å². The fourth-order valence-corrected chi connectivity index (χ4v) is 2.06. The molecule has 1 unspecified atom stereocenters. The molecule has 1 N–H and O–H groups in total. The molecule has 0 saturated carbocycles. The van der Waals surface area contributed by atoms with Crippen molar-refractivity contribution in [2.45, 2.75) is 51.9 Å². The van der Waals surface area contributed by atoms with Gasteiger partial charge >= 0.3 is 0 Å². The molecule has 0 amide bonds. The average molecular weight is 190 g/mol. The van der Waals surface area contributed by atoms with Crippen LogP contribution in [0.25, 0.3) is 0 Å². The molecular weight excluding hydrogens is 168 g/mol. The maximum absolute atomic E-state index is 9.46. The normalized spacial score (nSPS) is 15.2. The third kappa shape index (κ3) is 6.99. The van der Waals surface area contributed by atoms with Gasteiger partial charge < -0.3 is 5.11 Å². The molecule has 2 heteroatoms. The Balaban J connectivity index is 3.44. The van der Waals surface area contributed by atoms with Gasteiger partial charge in [-0.3, -0.25) is 0 Å². The Morgan fingerprint density at radius 2 is 1.75 bits per heavy atom. The van der Waals surface area contributed by atoms with Gasteiger partial charge in [-0.05, 0) is 31.9 Å². The predicted molar refractivity (Wildman–Crippen MR) is 57.7 cm³/mol. The minimum absolute atomic E-state index is 0.496. The number of hydrogen-bond acceptors (Lipinski definition) is 2. The summed E-state index contributed by atoms with van der Waals surface area (Å²) in [5, 5.41) is 10.2. The van der Waals surface area contributed by atoms with Crippen LogP contribution < -0.4 is 0 Å². The van der Waals surface area contributed by atoms with Crippen molar-refractivity contribution in [2.24, 2.45) is 5.92 Å². The summed E-state index contributed by atoms with van der Waals surface area (Å²) in [6.45, 7) is 10.5. The van der Waals surface area contributed by atoms with Gasteiger partial charge in [-0.1, -0.05) is 20.8 Å². The number of thioether (sulfide) groups is 1. The molecule has 0 heterocycles. The third-order valence-electron chi connectivity index (χ3n) is 2.03. The molecule has 12 heavy (non-hydrogen) atoms. The molecule has 0 spiro atoms. The standard InChI is InChI=1S/C10H22OS/c1-8(2)9(3)12-7-6-10(4,5)11/h8-9,11H,6-7H2,1-5H3. The molecule has 74 valence electrons. The predicted octanol–water partition coefficient (Wildman–Crippen LogP) is 2.93. The Kier molecular flexibility index (Phi) is 5.26. The summed E-state index contributed by atoms with van der Waals surface area (Å²) in [6.07, 6.45) is 0.884. The molecule has 0 aromatic heterocycles. The van der Waals surface area contributed by atoms with Gasteiger partial charge in [0.1, 0.15) is 0 Å². The second-order valence-electron chi connectivity index (χ2n) is 4.38. The van der Waals surface area contributed by atoms with Gasteiger partial charge in [0.05, 0.1) is 5.60 Å². The molecule has 0 aromatic rings. The second kappa shape index (κ2) is 5.13. The first-order valence-electron chi connectivity index (χ1n) is 4.67. The van der Waals surface area contributed by atoms with E-state index in [0.717, 1.165) is 18.1 Å². The van der Waals surface area contributed by atoms with Crippen LogP contribution >= 0.6 is 11.8 Å². The van der Waals surface area contributed by atoms with Crippen molar-refractivity contribution in [3.05, 3.63) is 0 Å². The van der Waals surface area contributed by atoms with Crippen LogP contribution in [0.2, 0.25) is 0 Å². The molecule has 0 fully saturated rings. The van der Waals surface area contributed by atoms with E-state index < -0.39 is 5.60 Å². The molecule has 0 rings (SSSR count). The van der Waals surface area contributed by atoms with Gasteiger partial charge in [-0.25, -0.2) is 0 Å². The largest absolute Gasteiger partial charge is 0.390 e. The van der Waals surface area contributed by atoms with Gasteiger partial charge in [0.2, 0.25) is 0 Å². The zero-order valence-electron chi connectivity index (χ0n) is 8.92. The van der Waals surface area contributed by atoms with E-state index in [4.69, 9.17) is 0 Å². The first-order chi connectivity index (χ1) is 5.33. The molecule has 0 aliphatic carbocycles. The maximum atomic E-state index is 9.46. The molecule has 0 radical (unpaired) electrons. The van der Waals surface area contributed by atoms with Crippen molar-refractivity contribution < 1.29 is 5.11 Å². The molecule has 0 bridgehead atoms. The van der Waals surface area contributed by atoms with Gasteiger partial charge in [-0.2, -0.15) is 11.8 Å². The molecule has 1 nitrogen and oxygen atoms in total. The highest BCUT2D eigenvalue weighted by Gasteiger charge is 2.13. The highest BCUT2D eigenvalue weighted by atomic mass is 32.2. The first-order valence-corrected chi connectivity index (χ1v) is 5.72. The van der Waals surface area contributed by atoms with Crippen LogP contribution in [0, 0.1) is 5.92 Å². The van der Waals surface area contributed by atoms with Gasteiger partial charge in [0.25, 0.3) is 0 Å². The van der Waals surface area contributed by atoms with E-state index >= 15 is 0 Å². The van der Waals surface area contributed by atoms with Crippen molar-refractivity contribution in [1.82, 2.24) is 0 Å². The number of aliphatic hydroxyl groups is 1. The van der Waals surface area contributed by atoms with Crippen molar-refractivity contribution in [2.75, 3.05) is 5.75 Å². The quantitative estimate of drug-likeness (QED) is 0.719. The lowest BCUT2D eigenvalue weighted by Gasteiger charge is -2.19. The lowest BCUT2D eigenvalue weighted by molar-refractivity contribution is 0.0777. The van der Waals surface area contributed by atoms with Crippen molar-refractivity contribution in [3.8, 4) is 0 Å². The Bertz CT molecular complexity index is 115. The molecular formula is C10H22OS. The minimum Gasteiger partial charge on any atom is -0.390 e. The lowest BCUT2D eigenvalue weighted by Crippen LogP contribution is -2.20. The summed E-state index contributed by atoms with van der Waals surface area (Å²) in [7, 11) is 0. The summed E-state index contributed by atoms with van der Waals surface area (Å²) in [5.74, 6) is 1.79. The topological polar surface area (TPSA) is 20.2 Å². The Labute approximate surface area is 80.9 Å². The summed E-state index contributed by atoms with van der Waals surface area (Å²) >= 11 is 1.95. The van der Waals surface area contributed by atoms with Crippen LogP contribution in [0.1, 0.15) is 41.0 Å². The summed E-state index contributed by atoms with van der Waals surface area (Å²) in [6, 6.07) is 0. The van der Waals surface area contributed by atoms with E-state index in [1.54, 1.807) is 0 Å². The first kappa shape index (κ1) is 12.3. The van der Waals surface area contributed by atoms with Crippen molar-refractivity contribution in [1.29, 1.82) is 0 Å². The average Bonchev–Trinajstić information content (AvgIpc) is 1.84. The molecule has 0 aromatic carbocycles. The van der Waals surface area contributed by atoms with E-state index in [9.17, 15) is 5.11 Å². The SMILES string of the molecule is CC(C)C(C)SCCC(C)(C)O.